The molecule has 2 atom stereocenters. The summed E-state index contributed by atoms with van der Waals surface area (Å²) in [4.78, 5) is 0. The van der Waals surface area contributed by atoms with Crippen LogP contribution in [0.1, 0.15) is 30.1 Å². The van der Waals surface area contributed by atoms with Gasteiger partial charge in [0.15, 0.2) is 0 Å². The monoisotopic (exact) mass is 223 g/mol. The molecule has 1 fully saturated rings. The quantitative estimate of drug-likeness (QED) is 0.705. The lowest BCUT2D eigenvalue weighted by Crippen LogP contribution is -2.26. The van der Waals surface area contributed by atoms with E-state index in [0.717, 1.165) is 36.5 Å². The number of hydrogen-bond acceptors (Lipinski definition) is 2. The minimum atomic E-state index is -0.335. The van der Waals surface area contributed by atoms with E-state index in [9.17, 15) is 5.11 Å². The van der Waals surface area contributed by atoms with Crippen LogP contribution >= 0.6 is 11.6 Å². The Kier molecular flexibility index (Phi) is 2.06. The Morgan fingerprint density at radius 2 is 2.33 bits per heavy atom. The molecule has 2 N–H and O–H groups in total. The van der Waals surface area contributed by atoms with E-state index in [4.69, 9.17) is 11.6 Å². The van der Waals surface area contributed by atoms with Gasteiger partial charge in [0.2, 0.25) is 0 Å². The molecule has 0 aromatic heterocycles. The lowest BCUT2D eigenvalue weighted by molar-refractivity contribution is 0.158. The van der Waals surface area contributed by atoms with Crippen LogP contribution in [-0.2, 0) is 5.41 Å². The molecule has 2 nitrogen and oxygen atoms in total. The molecular formula is C12H14ClNO. The first-order chi connectivity index (χ1) is 7.21. The molecule has 1 aromatic carbocycles. The van der Waals surface area contributed by atoms with E-state index in [0.29, 0.717) is 0 Å². The number of fused-ring (bicyclic) bond motifs is 2. The zero-order valence-electron chi connectivity index (χ0n) is 8.46. The summed E-state index contributed by atoms with van der Waals surface area (Å²) in [7, 11) is 0. The first-order valence-corrected chi connectivity index (χ1v) is 5.78. The average molecular weight is 224 g/mol. The van der Waals surface area contributed by atoms with Crippen LogP contribution < -0.4 is 5.32 Å². The second-order valence-electron chi connectivity index (χ2n) is 4.66. The Labute approximate surface area is 94.3 Å². The fourth-order valence-electron chi connectivity index (χ4n) is 3.03. The number of rotatable bonds is 0. The van der Waals surface area contributed by atoms with Gasteiger partial charge in [0.25, 0.3) is 0 Å². The summed E-state index contributed by atoms with van der Waals surface area (Å²) >= 11 is 5.96. The molecule has 1 spiro atoms. The minimum Gasteiger partial charge on any atom is -0.388 e. The van der Waals surface area contributed by atoms with Gasteiger partial charge in [-0.2, -0.15) is 0 Å². The highest BCUT2D eigenvalue weighted by atomic mass is 35.5. The van der Waals surface area contributed by atoms with E-state index in [1.54, 1.807) is 0 Å². The molecule has 1 heterocycles. The summed E-state index contributed by atoms with van der Waals surface area (Å²) in [5.74, 6) is 0. The van der Waals surface area contributed by atoms with Gasteiger partial charge in [-0.3, -0.25) is 0 Å². The fraction of sp³-hybridized carbons (Fsp3) is 0.500. The summed E-state index contributed by atoms with van der Waals surface area (Å²) in [6.07, 6.45) is 1.63. The SMILES string of the molecule is OC1CC2(CCNC2)c2ccc(Cl)cc21. The van der Waals surface area contributed by atoms with Crippen LogP contribution in [0.5, 0.6) is 0 Å². The van der Waals surface area contributed by atoms with E-state index in [-0.39, 0.29) is 11.5 Å². The Morgan fingerprint density at radius 1 is 1.47 bits per heavy atom. The maximum atomic E-state index is 10.0. The zero-order chi connectivity index (χ0) is 10.5. The zero-order valence-corrected chi connectivity index (χ0v) is 9.22. The lowest BCUT2D eigenvalue weighted by atomic mass is 9.81. The van der Waals surface area contributed by atoms with Gasteiger partial charge in [-0.05, 0) is 42.6 Å². The van der Waals surface area contributed by atoms with Crippen LogP contribution in [0.2, 0.25) is 5.02 Å². The van der Waals surface area contributed by atoms with Crippen LogP contribution in [0.15, 0.2) is 18.2 Å². The number of nitrogens with one attached hydrogen (secondary N) is 1. The molecule has 1 aromatic rings. The highest BCUT2D eigenvalue weighted by Crippen LogP contribution is 2.48. The standard InChI is InChI=1S/C12H14ClNO/c13-8-1-2-10-9(5-8)11(15)6-12(10)3-4-14-7-12/h1-2,5,11,14-15H,3-4,6-7H2. The topological polar surface area (TPSA) is 32.3 Å². The van der Waals surface area contributed by atoms with Gasteiger partial charge in [-0.15, -0.1) is 0 Å². The van der Waals surface area contributed by atoms with Crippen molar-refractivity contribution in [3.05, 3.63) is 34.3 Å². The fourth-order valence-corrected chi connectivity index (χ4v) is 3.21. The van der Waals surface area contributed by atoms with Crippen molar-refractivity contribution >= 4 is 11.6 Å². The summed E-state index contributed by atoms with van der Waals surface area (Å²) < 4.78 is 0. The Balaban J connectivity index is 2.13. The third kappa shape index (κ3) is 1.32. The molecule has 0 radical (unpaired) electrons. The van der Waals surface area contributed by atoms with Gasteiger partial charge in [0, 0.05) is 17.0 Å². The van der Waals surface area contributed by atoms with Crippen molar-refractivity contribution in [3.63, 3.8) is 0 Å². The van der Waals surface area contributed by atoms with Gasteiger partial charge in [-0.1, -0.05) is 17.7 Å². The van der Waals surface area contributed by atoms with Crippen molar-refractivity contribution < 1.29 is 5.11 Å². The lowest BCUT2D eigenvalue weighted by Gasteiger charge is -2.23. The third-order valence-corrected chi connectivity index (χ3v) is 4.01. The van der Waals surface area contributed by atoms with Crippen LogP contribution in [0.3, 0.4) is 0 Å². The van der Waals surface area contributed by atoms with Gasteiger partial charge in [-0.25, -0.2) is 0 Å². The van der Waals surface area contributed by atoms with Crippen LogP contribution in [0.25, 0.3) is 0 Å². The van der Waals surface area contributed by atoms with Crippen LogP contribution in [0, 0.1) is 0 Å². The molecule has 2 unspecified atom stereocenters. The normalized spacial score (nSPS) is 33.6. The Hall–Kier alpha value is -0.570. The second kappa shape index (κ2) is 3.21. The average Bonchev–Trinajstić information content (AvgIpc) is 2.76. The van der Waals surface area contributed by atoms with Crippen LogP contribution in [0.4, 0.5) is 0 Å². The molecule has 1 aliphatic heterocycles. The molecule has 3 heteroatoms. The number of benzene rings is 1. The predicted molar refractivity (Wildman–Crippen MR) is 60.2 cm³/mol. The molecule has 15 heavy (non-hydrogen) atoms. The van der Waals surface area contributed by atoms with Crippen molar-refractivity contribution in [1.29, 1.82) is 0 Å². The largest absolute Gasteiger partial charge is 0.388 e. The Morgan fingerprint density at radius 3 is 3.07 bits per heavy atom. The third-order valence-electron chi connectivity index (χ3n) is 3.77. The number of aliphatic hydroxyl groups excluding tert-OH is 1. The number of hydrogen-bond donors (Lipinski definition) is 2. The smallest absolute Gasteiger partial charge is 0.0802 e. The van der Waals surface area contributed by atoms with E-state index in [2.05, 4.69) is 11.4 Å². The molecular weight excluding hydrogens is 210 g/mol. The summed E-state index contributed by atoms with van der Waals surface area (Å²) in [6.45, 7) is 2.04. The molecule has 0 saturated carbocycles. The van der Waals surface area contributed by atoms with E-state index in [1.807, 2.05) is 12.1 Å². The molecule has 1 saturated heterocycles. The van der Waals surface area contributed by atoms with Crippen molar-refractivity contribution in [2.75, 3.05) is 13.1 Å². The second-order valence-corrected chi connectivity index (χ2v) is 5.10. The summed E-state index contributed by atoms with van der Waals surface area (Å²) in [6, 6.07) is 5.92. The molecule has 0 amide bonds. The first kappa shape index (κ1) is 9.64. The molecule has 0 bridgehead atoms. The van der Waals surface area contributed by atoms with E-state index in [1.165, 1.54) is 5.56 Å². The van der Waals surface area contributed by atoms with Gasteiger partial charge >= 0.3 is 0 Å². The first-order valence-electron chi connectivity index (χ1n) is 5.40. The molecule has 3 rings (SSSR count). The van der Waals surface area contributed by atoms with Crippen molar-refractivity contribution in [3.8, 4) is 0 Å². The molecule has 2 aliphatic rings. The van der Waals surface area contributed by atoms with Gasteiger partial charge in [0.05, 0.1) is 6.10 Å². The molecule has 1 aliphatic carbocycles. The van der Waals surface area contributed by atoms with Gasteiger partial charge < -0.3 is 10.4 Å². The number of halogens is 1. The highest BCUT2D eigenvalue weighted by molar-refractivity contribution is 6.30. The highest BCUT2D eigenvalue weighted by Gasteiger charge is 2.44. The maximum absolute atomic E-state index is 10.0. The maximum Gasteiger partial charge on any atom is 0.0802 e. The summed E-state index contributed by atoms with van der Waals surface area (Å²) in [5.41, 5.74) is 2.50. The van der Waals surface area contributed by atoms with E-state index >= 15 is 0 Å². The van der Waals surface area contributed by atoms with Crippen LogP contribution in [-0.4, -0.2) is 18.2 Å². The van der Waals surface area contributed by atoms with Crippen molar-refractivity contribution in [1.82, 2.24) is 5.32 Å². The Bertz CT molecular complexity index is 399. The molecule has 80 valence electrons. The van der Waals surface area contributed by atoms with Gasteiger partial charge in [0.1, 0.15) is 0 Å². The minimum absolute atomic E-state index is 0.166. The predicted octanol–water partition coefficient (Wildman–Crippen LogP) is 2.01. The van der Waals surface area contributed by atoms with Crippen molar-refractivity contribution in [2.24, 2.45) is 0 Å². The van der Waals surface area contributed by atoms with E-state index < -0.39 is 0 Å². The van der Waals surface area contributed by atoms with Crippen molar-refractivity contribution in [2.45, 2.75) is 24.4 Å². The summed E-state index contributed by atoms with van der Waals surface area (Å²) in [5, 5.41) is 14.2. The number of aliphatic hydroxyl groups is 1.